The number of nitrogens with zero attached hydrogens (tertiary/aromatic N) is 2. The zero-order valence-corrected chi connectivity index (χ0v) is 10.6. The fourth-order valence-electron chi connectivity index (χ4n) is 1.85. The standard InChI is InChI=1S/C17H10N2O/c1-19-15(12-18)16(13-8-4-2-5-9-13)17(20)14-10-6-3-7-11-14/h2-11H. The Morgan fingerprint density at radius 2 is 1.45 bits per heavy atom. The van der Waals surface area contributed by atoms with Crippen molar-refractivity contribution in [3.8, 4) is 6.07 Å². The summed E-state index contributed by atoms with van der Waals surface area (Å²) in [6.07, 6.45) is 0. The summed E-state index contributed by atoms with van der Waals surface area (Å²) in [5.41, 5.74) is 0.996. The molecule has 0 heterocycles. The molecule has 0 aliphatic carbocycles. The second-order valence-electron chi connectivity index (χ2n) is 4.01. The second-order valence-corrected chi connectivity index (χ2v) is 4.01. The van der Waals surface area contributed by atoms with Gasteiger partial charge < -0.3 is 0 Å². The van der Waals surface area contributed by atoms with E-state index in [2.05, 4.69) is 4.85 Å². The predicted molar refractivity (Wildman–Crippen MR) is 76.3 cm³/mol. The molecule has 20 heavy (non-hydrogen) atoms. The molecule has 2 rings (SSSR count). The quantitative estimate of drug-likeness (QED) is 0.364. The van der Waals surface area contributed by atoms with Gasteiger partial charge in [-0.3, -0.25) is 4.79 Å². The summed E-state index contributed by atoms with van der Waals surface area (Å²) >= 11 is 0. The molecule has 0 spiro atoms. The van der Waals surface area contributed by atoms with E-state index in [-0.39, 0.29) is 17.1 Å². The number of benzene rings is 2. The number of hydrogen-bond acceptors (Lipinski definition) is 2. The Hall–Kier alpha value is -3.17. The lowest BCUT2D eigenvalue weighted by Gasteiger charge is -2.07. The van der Waals surface area contributed by atoms with Gasteiger partial charge in [-0.25, -0.2) is 10.1 Å². The zero-order chi connectivity index (χ0) is 14.4. The third kappa shape index (κ3) is 2.63. The number of carbonyl (C=O) groups is 1. The van der Waals surface area contributed by atoms with Crippen LogP contribution >= 0.6 is 0 Å². The largest absolute Gasteiger partial charge is 0.290 e. The molecule has 0 aliphatic heterocycles. The molecule has 0 saturated heterocycles. The third-order valence-corrected chi connectivity index (χ3v) is 2.78. The Balaban J connectivity index is 2.62. The monoisotopic (exact) mass is 258 g/mol. The van der Waals surface area contributed by atoms with Crippen molar-refractivity contribution in [3.63, 3.8) is 0 Å². The molecule has 2 aromatic rings. The molecule has 0 fully saturated rings. The Bertz CT molecular complexity index is 716. The van der Waals surface area contributed by atoms with E-state index in [1.165, 1.54) is 0 Å². The van der Waals surface area contributed by atoms with Crippen LogP contribution in [0.4, 0.5) is 0 Å². The highest BCUT2D eigenvalue weighted by atomic mass is 16.1. The van der Waals surface area contributed by atoms with Gasteiger partial charge in [-0.15, -0.1) is 0 Å². The fourth-order valence-corrected chi connectivity index (χ4v) is 1.85. The van der Waals surface area contributed by atoms with Gasteiger partial charge in [0.2, 0.25) is 0 Å². The normalized spacial score (nSPS) is 10.9. The second kappa shape index (κ2) is 6.13. The van der Waals surface area contributed by atoms with Crippen molar-refractivity contribution in [1.29, 1.82) is 5.26 Å². The van der Waals surface area contributed by atoms with Crippen LogP contribution in [-0.4, -0.2) is 5.78 Å². The smallest absolute Gasteiger partial charge is 0.273 e. The van der Waals surface area contributed by atoms with Crippen LogP contribution in [0.3, 0.4) is 0 Å². The number of allylic oxidation sites excluding steroid dienone is 2. The third-order valence-electron chi connectivity index (χ3n) is 2.78. The molecule has 0 N–H and O–H groups in total. The van der Waals surface area contributed by atoms with Crippen LogP contribution in [0.2, 0.25) is 0 Å². The molecule has 0 amide bonds. The van der Waals surface area contributed by atoms with Crippen molar-refractivity contribution >= 4 is 11.4 Å². The molecule has 0 atom stereocenters. The number of Topliss-reactive ketones (excluding diaryl/α,β-unsaturated/α-hetero) is 1. The van der Waals surface area contributed by atoms with Crippen molar-refractivity contribution in [3.05, 3.63) is 88.9 Å². The van der Waals surface area contributed by atoms with Crippen LogP contribution in [-0.2, 0) is 0 Å². The average Bonchev–Trinajstić information content (AvgIpc) is 2.53. The molecule has 0 radical (unpaired) electrons. The van der Waals surface area contributed by atoms with Crippen molar-refractivity contribution in [2.45, 2.75) is 0 Å². The minimum atomic E-state index is -0.315. The number of ketones is 1. The summed E-state index contributed by atoms with van der Waals surface area (Å²) in [5.74, 6) is -0.315. The minimum Gasteiger partial charge on any atom is -0.290 e. The molecule has 0 aromatic heterocycles. The van der Waals surface area contributed by atoms with Gasteiger partial charge in [0.05, 0.1) is 12.6 Å². The predicted octanol–water partition coefficient (Wildman–Crippen LogP) is 3.72. The first-order valence-electron chi connectivity index (χ1n) is 5.95. The average molecular weight is 258 g/mol. The maximum atomic E-state index is 12.6. The Morgan fingerprint density at radius 3 is 1.90 bits per heavy atom. The summed E-state index contributed by atoms with van der Waals surface area (Å²) in [7, 11) is 0. The maximum Gasteiger partial charge on any atom is 0.273 e. The summed E-state index contributed by atoms with van der Waals surface area (Å²) in [5, 5.41) is 9.08. The van der Waals surface area contributed by atoms with E-state index in [9.17, 15) is 4.79 Å². The first-order chi connectivity index (χ1) is 9.77. The Morgan fingerprint density at radius 1 is 0.950 bits per heavy atom. The first kappa shape index (κ1) is 13.3. The van der Waals surface area contributed by atoms with E-state index in [0.29, 0.717) is 11.1 Å². The van der Waals surface area contributed by atoms with E-state index in [4.69, 9.17) is 11.8 Å². The van der Waals surface area contributed by atoms with E-state index >= 15 is 0 Å². The molecular weight excluding hydrogens is 248 g/mol. The van der Waals surface area contributed by atoms with Crippen LogP contribution in [0.15, 0.2) is 66.4 Å². The van der Waals surface area contributed by atoms with Gasteiger partial charge in [-0.2, -0.15) is 0 Å². The van der Waals surface area contributed by atoms with E-state index in [1.54, 1.807) is 54.6 Å². The fraction of sp³-hybridized carbons (Fsp3) is 0. The highest BCUT2D eigenvalue weighted by Crippen LogP contribution is 2.24. The maximum absolute atomic E-state index is 12.6. The molecule has 0 saturated carbocycles. The van der Waals surface area contributed by atoms with Crippen molar-refractivity contribution in [2.24, 2.45) is 0 Å². The highest BCUT2D eigenvalue weighted by Gasteiger charge is 2.19. The summed E-state index contributed by atoms with van der Waals surface area (Å²) in [4.78, 5) is 15.7. The lowest BCUT2D eigenvalue weighted by molar-refractivity contribution is 0.105. The molecule has 94 valence electrons. The summed E-state index contributed by atoms with van der Waals surface area (Å²) < 4.78 is 0. The van der Waals surface area contributed by atoms with Crippen LogP contribution < -0.4 is 0 Å². The minimum absolute atomic E-state index is 0.148. The molecule has 2 aromatic carbocycles. The van der Waals surface area contributed by atoms with Crippen LogP contribution in [0.25, 0.3) is 10.4 Å². The number of hydrogen-bond donors (Lipinski definition) is 0. The topological polar surface area (TPSA) is 45.2 Å². The van der Waals surface area contributed by atoms with Crippen molar-refractivity contribution in [2.75, 3.05) is 0 Å². The highest BCUT2D eigenvalue weighted by molar-refractivity contribution is 6.30. The summed E-state index contributed by atoms with van der Waals surface area (Å²) in [6.45, 7) is 7.09. The van der Waals surface area contributed by atoms with Crippen LogP contribution in [0, 0.1) is 17.9 Å². The lowest BCUT2D eigenvalue weighted by Crippen LogP contribution is -2.04. The van der Waals surface area contributed by atoms with Gasteiger partial charge in [0.15, 0.2) is 5.78 Å². The SMILES string of the molecule is [C-]#[N+]C(C#N)=C(C(=O)c1ccccc1)c1ccccc1. The van der Waals surface area contributed by atoms with Crippen LogP contribution in [0.5, 0.6) is 0 Å². The molecule has 3 heteroatoms. The van der Waals surface area contributed by atoms with Gasteiger partial charge in [-0.1, -0.05) is 60.7 Å². The molecule has 0 bridgehead atoms. The van der Waals surface area contributed by atoms with Gasteiger partial charge in [0, 0.05) is 11.1 Å². The van der Waals surface area contributed by atoms with Crippen molar-refractivity contribution < 1.29 is 4.79 Å². The van der Waals surface area contributed by atoms with Gasteiger partial charge in [-0.05, 0) is 5.56 Å². The molecular formula is C17H10N2O. The lowest BCUT2D eigenvalue weighted by atomic mass is 9.95. The number of nitriles is 1. The van der Waals surface area contributed by atoms with E-state index in [0.717, 1.165) is 0 Å². The zero-order valence-electron chi connectivity index (χ0n) is 10.6. The summed E-state index contributed by atoms with van der Waals surface area (Å²) in [6, 6.07) is 19.3. The number of carbonyl (C=O) groups excluding carboxylic acids is 1. The van der Waals surface area contributed by atoms with Crippen LogP contribution in [0.1, 0.15) is 15.9 Å². The van der Waals surface area contributed by atoms with Gasteiger partial charge >= 0.3 is 0 Å². The van der Waals surface area contributed by atoms with E-state index in [1.807, 2.05) is 12.1 Å². The molecule has 3 nitrogen and oxygen atoms in total. The molecule has 0 unspecified atom stereocenters. The van der Waals surface area contributed by atoms with Gasteiger partial charge in [0.1, 0.15) is 0 Å². The first-order valence-corrected chi connectivity index (χ1v) is 5.95. The molecule has 0 aliphatic rings. The Kier molecular flexibility index (Phi) is 4.07. The Labute approximate surface area is 117 Å². The van der Waals surface area contributed by atoms with Crippen molar-refractivity contribution in [1.82, 2.24) is 0 Å². The van der Waals surface area contributed by atoms with Gasteiger partial charge in [0.25, 0.3) is 5.70 Å². The number of rotatable bonds is 3. The van der Waals surface area contributed by atoms with E-state index < -0.39 is 0 Å².